The minimum Gasteiger partial charge on any atom is -0.444 e. The minimum atomic E-state index is -0.693. The summed E-state index contributed by atoms with van der Waals surface area (Å²) in [5.74, 6) is -1.13. The fraction of sp³-hybridized carbons (Fsp3) is 0.562. The number of hydrogen-bond acceptors (Lipinski definition) is 5. The van der Waals surface area contributed by atoms with E-state index in [1.807, 2.05) is 20.8 Å². The summed E-state index contributed by atoms with van der Waals surface area (Å²) in [5, 5.41) is 2.40. The molecule has 1 aromatic rings. The molecule has 0 atom stereocenters. The van der Waals surface area contributed by atoms with Crippen LogP contribution in [0.5, 0.6) is 0 Å². The molecule has 24 heavy (non-hydrogen) atoms. The normalized spacial score (nSPS) is 15.2. The molecule has 0 saturated carbocycles. The number of rotatable bonds is 2. The topological polar surface area (TPSA) is 74.8 Å². The number of carbonyl (C=O) groups excluding carboxylic acids is 2. The summed E-state index contributed by atoms with van der Waals surface area (Å²) in [7, 11) is 1.46. The third-order valence-electron chi connectivity index (χ3n) is 3.56. The predicted octanol–water partition coefficient (Wildman–Crippen LogP) is 1.64. The molecule has 1 aliphatic heterocycles. The van der Waals surface area contributed by atoms with Crippen molar-refractivity contribution in [2.45, 2.75) is 26.4 Å². The third-order valence-corrected chi connectivity index (χ3v) is 3.56. The Morgan fingerprint density at radius 2 is 1.83 bits per heavy atom. The van der Waals surface area contributed by atoms with Gasteiger partial charge in [-0.2, -0.15) is 4.39 Å². The minimum absolute atomic E-state index is 0.0335. The lowest BCUT2D eigenvalue weighted by atomic mass is 10.2. The van der Waals surface area contributed by atoms with E-state index in [-0.39, 0.29) is 11.8 Å². The molecule has 2 heterocycles. The Morgan fingerprint density at radius 3 is 2.33 bits per heavy atom. The van der Waals surface area contributed by atoms with Crippen LogP contribution in [0.15, 0.2) is 12.1 Å². The van der Waals surface area contributed by atoms with E-state index in [1.54, 1.807) is 9.80 Å². The molecule has 132 valence electrons. The zero-order valence-electron chi connectivity index (χ0n) is 14.4. The summed E-state index contributed by atoms with van der Waals surface area (Å²) in [5.41, 5.74) is -0.183. The van der Waals surface area contributed by atoms with Crippen molar-refractivity contribution in [2.75, 3.05) is 38.1 Å². The van der Waals surface area contributed by atoms with Gasteiger partial charge in [0.2, 0.25) is 5.95 Å². The van der Waals surface area contributed by atoms with Crippen molar-refractivity contribution in [1.29, 1.82) is 0 Å². The van der Waals surface area contributed by atoms with Crippen LogP contribution in [0.1, 0.15) is 31.3 Å². The van der Waals surface area contributed by atoms with Gasteiger partial charge in [0.25, 0.3) is 5.91 Å². The second-order valence-electron chi connectivity index (χ2n) is 6.54. The number of piperazine rings is 1. The molecule has 0 spiro atoms. The molecule has 2 rings (SSSR count). The van der Waals surface area contributed by atoms with Crippen molar-refractivity contribution in [3.05, 3.63) is 23.8 Å². The van der Waals surface area contributed by atoms with Crippen molar-refractivity contribution in [3.8, 4) is 0 Å². The Hall–Kier alpha value is -2.38. The van der Waals surface area contributed by atoms with Crippen LogP contribution in [0.4, 0.5) is 14.9 Å². The molecule has 1 aromatic heterocycles. The molecule has 7 nitrogen and oxygen atoms in total. The second kappa shape index (κ2) is 7.02. The number of halogens is 1. The fourth-order valence-corrected chi connectivity index (χ4v) is 2.37. The van der Waals surface area contributed by atoms with E-state index in [1.165, 1.54) is 19.2 Å². The number of anilines is 1. The van der Waals surface area contributed by atoms with Crippen molar-refractivity contribution in [1.82, 2.24) is 15.2 Å². The predicted molar refractivity (Wildman–Crippen MR) is 87.6 cm³/mol. The van der Waals surface area contributed by atoms with Gasteiger partial charge in [-0.05, 0) is 32.9 Å². The summed E-state index contributed by atoms with van der Waals surface area (Å²) < 4.78 is 19.5. The molecule has 1 aliphatic rings. The third kappa shape index (κ3) is 4.33. The van der Waals surface area contributed by atoms with Crippen LogP contribution in [-0.2, 0) is 4.74 Å². The van der Waals surface area contributed by atoms with E-state index in [9.17, 15) is 14.0 Å². The number of carbonyl (C=O) groups is 2. The molecule has 0 radical (unpaired) electrons. The maximum absolute atomic E-state index is 14.2. The molecule has 1 N–H and O–H groups in total. The van der Waals surface area contributed by atoms with Crippen LogP contribution in [0.2, 0.25) is 0 Å². The number of pyridine rings is 1. The average molecular weight is 338 g/mol. The molecule has 0 bridgehead atoms. The Morgan fingerprint density at radius 1 is 1.21 bits per heavy atom. The summed E-state index contributed by atoms with van der Waals surface area (Å²) in [6, 6.07) is 3.02. The molecule has 8 heteroatoms. The van der Waals surface area contributed by atoms with Gasteiger partial charge in [0.05, 0.1) is 5.69 Å². The van der Waals surface area contributed by atoms with Crippen molar-refractivity contribution in [3.63, 3.8) is 0 Å². The number of hydrogen-bond donors (Lipinski definition) is 1. The average Bonchev–Trinajstić information content (AvgIpc) is 2.52. The van der Waals surface area contributed by atoms with Gasteiger partial charge in [-0.25, -0.2) is 9.78 Å². The first-order chi connectivity index (χ1) is 11.2. The smallest absolute Gasteiger partial charge is 0.410 e. The Labute approximate surface area is 140 Å². The summed E-state index contributed by atoms with van der Waals surface area (Å²) in [6.45, 7) is 7.26. The van der Waals surface area contributed by atoms with Crippen molar-refractivity contribution >= 4 is 17.7 Å². The van der Waals surface area contributed by atoms with Gasteiger partial charge in [-0.15, -0.1) is 0 Å². The molecule has 0 aliphatic carbocycles. The Balaban J connectivity index is 2.00. The van der Waals surface area contributed by atoms with Gasteiger partial charge in [0.1, 0.15) is 11.3 Å². The number of aromatic nitrogens is 1. The number of amides is 2. The van der Waals surface area contributed by atoms with Crippen LogP contribution in [0, 0.1) is 5.95 Å². The molecule has 1 saturated heterocycles. The van der Waals surface area contributed by atoms with E-state index >= 15 is 0 Å². The number of nitrogens with zero attached hydrogens (tertiary/aromatic N) is 3. The molecule has 1 fully saturated rings. The van der Waals surface area contributed by atoms with Crippen molar-refractivity contribution < 1.29 is 18.7 Å². The Kier molecular flexibility index (Phi) is 5.26. The Bertz CT molecular complexity index is 622. The highest BCUT2D eigenvalue weighted by Crippen LogP contribution is 2.20. The summed E-state index contributed by atoms with van der Waals surface area (Å²) in [4.78, 5) is 30.6. The highest BCUT2D eigenvalue weighted by Gasteiger charge is 2.27. The van der Waals surface area contributed by atoms with E-state index in [0.29, 0.717) is 31.9 Å². The van der Waals surface area contributed by atoms with Gasteiger partial charge in [0.15, 0.2) is 0 Å². The molecule has 2 amide bonds. The van der Waals surface area contributed by atoms with Crippen LogP contribution in [-0.4, -0.2) is 60.7 Å². The fourth-order valence-electron chi connectivity index (χ4n) is 2.37. The summed E-state index contributed by atoms with van der Waals surface area (Å²) in [6.07, 6.45) is -0.365. The first kappa shape index (κ1) is 18.0. The quantitative estimate of drug-likeness (QED) is 0.830. The lowest BCUT2D eigenvalue weighted by molar-refractivity contribution is 0.0240. The van der Waals surface area contributed by atoms with E-state index in [2.05, 4.69) is 10.3 Å². The highest BCUT2D eigenvalue weighted by molar-refractivity contribution is 5.92. The van der Waals surface area contributed by atoms with E-state index < -0.39 is 17.5 Å². The van der Waals surface area contributed by atoms with Gasteiger partial charge in [-0.3, -0.25) is 4.79 Å². The van der Waals surface area contributed by atoms with Crippen LogP contribution < -0.4 is 10.2 Å². The molecule has 0 aromatic carbocycles. The van der Waals surface area contributed by atoms with Gasteiger partial charge in [-0.1, -0.05) is 0 Å². The van der Waals surface area contributed by atoms with Gasteiger partial charge in [0, 0.05) is 33.2 Å². The maximum Gasteiger partial charge on any atom is 0.410 e. The largest absolute Gasteiger partial charge is 0.444 e. The number of nitrogens with one attached hydrogen (secondary N) is 1. The summed E-state index contributed by atoms with van der Waals surface area (Å²) >= 11 is 0. The zero-order valence-corrected chi connectivity index (χ0v) is 14.4. The number of ether oxygens (including phenoxy) is 1. The first-order valence-corrected chi connectivity index (χ1v) is 7.83. The SMILES string of the molecule is CNC(=O)c1ccc(N2CCN(C(=O)OC(C)(C)C)CC2)c(F)n1. The lowest BCUT2D eigenvalue weighted by Gasteiger charge is -2.36. The van der Waals surface area contributed by atoms with E-state index in [4.69, 9.17) is 4.74 Å². The van der Waals surface area contributed by atoms with Crippen LogP contribution in [0.3, 0.4) is 0 Å². The van der Waals surface area contributed by atoms with Gasteiger partial charge >= 0.3 is 6.09 Å². The molecular formula is C16H23FN4O3. The zero-order chi connectivity index (χ0) is 17.9. The highest BCUT2D eigenvalue weighted by atomic mass is 19.1. The van der Waals surface area contributed by atoms with Crippen LogP contribution >= 0.6 is 0 Å². The monoisotopic (exact) mass is 338 g/mol. The first-order valence-electron chi connectivity index (χ1n) is 7.83. The molecular weight excluding hydrogens is 315 g/mol. The van der Waals surface area contributed by atoms with Crippen molar-refractivity contribution in [2.24, 2.45) is 0 Å². The lowest BCUT2D eigenvalue weighted by Crippen LogP contribution is -2.50. The maximum atomic E-state index is 14.2. The van der Waals surface area contributed by atoms with Gasteiger partial charge < -0.3 is 19.9 Å². The van der Waals surface area contributed by atoms with E-state index in [0.717, 1.165) is 0 Å². The van der Waals surface area contributed by atoms with Crippen LogP contribution in [0.25, 0.3) is 0 Å². The second-order valence-corrected chi connectivity index (χ2v) is 6.54. The standard InChI is InChI=1S/C16H23FN4O3/c1-16(2,3)24-15(23)21-9-7-20(8-10-21)12-6-5-11(14(22)18-4)19-13(12)17/h5-6H,7-10H2,1-4H3,(H,18,22). The molecule has 0 unspecified atom stereocenters.